The molecule has 0 fully saturated rings. The molecule has 0 aliphatic heterocycles. The number of benzene rings is 3. The quantitative estimate of drug-likeness (QED) is 0.173. The van der Waals surface area contributed by atoms with E-state index in [1.807, 2.05) is 68.4 Å². The topological polar surface area (TPSA) is 50.7 Å². The zero-order valence-electron chi connectivity index (χ0n) is 17.1. The van der Waals surface area contributed by atoms with Gasteiger partial charge in [0, 0.05) is 4.47 Å². The fourth-order valence-electron chi connectivity index (χ4n) is 2.91. The summed E-state index contributed by atoms with van der Waals surface area (Å²) >= 11 is 7.96. The first-order chi connectivity index (χ1) is 14.8. The Labute approximate surface area is 218 Å². The van der Waals surface area contributed by atoms with Crippen molar-refractivity contribution < 1.29 is 9.53 Å². The maximum atomic E-state index is 12.2. The van der Waals surface area contributed by atoms with E-state index in [1.165, 1.54) is 0 Å². The van der Waals surface area contributed by atoms with Gasteiger partial charge in [0.2, 0.25) is 5.91 Å². The Balaban J connectivity index is 1.60. The molecule has 0 radical (unpaired) electrons. The maximum absolute atomic E-state index is 12.2. The molecule has 0 aliphatic carbocycles. The number of amides is 1. The second-order valence-electron chi connectivity index (χ2n) is 7.13. The average Bonchev–Trinajstić information content (AvgIpc) is 2.71. The standard InChI is InChI=1S/C24H21BrI2N2O2/c1-15-3-4-16(2)19(9-15)12-23(30)29-28-13-18-10-21(26)24(22(27)11-18)31-14-17-5-7-20(25)8-6-17/h3-11,13H,12,14H2,1-2H3,(H,29,30)/b28-13+. The highest BCUT2D eigenvalue weighted by Gasteiger charge is 2.09. The minimum Gasteiger partial charge on any atom is -0.487 e. The van der Waals surface area contributed by atoms with Gasteiger partial charge in [-0.05, 0) is 106 Å². The molecule has 0 spiro atoms. The first-order valence-electron chi connectivity index (χ1n) is 9.56. The Bertz CT molecular complexity index is 1090. The van der Waals surface area contributed by atoms with Gasteiger partial charge in [0.15, 0.2) is 0 Å². The predicted molar refractivity (Wildman–Crippen MR) is 146 cm³/mol. The second-order valence-corrected chi connectivity index (χ2v) is 10.4. The summed E-state index contributed by atoms with van der Waals surface area (Å²) in [6.45, 7) is 4.53. The Hall–Kier alpha value is -1.46. The maximum Gasteiger partial charge on any atom is 0.244 e. The minimum atomic E-state index is -0.135. The normalized spacial score (nSPS) is 11.0. The monoisotopic (exact) mass is 702 g/mol. The molecule has 7 heteroatoms. The van der Waals surface area contributed by atoms with Gasteiger partial charge in [-0.2, -0.15) is 5.10 Å². The fraction of sp³-hybridized carbons (Fsp3) is 0.167. The number of halogens is 3. The van der Waals surface area contributed by atoms with E-state index in [2.05, 4.69) is 71.6 Å². The van der Waals surface area contributed by atoms with Crippen molar-refractivity contribution in [3.05, 3.63) is 94.0 Å². The summed E-state index contributed by atoms with van der Waals surface area (Å²) in [5, 5.41) is 4.13. The molecule has 0 heterocycles. The van der Waals surface area contributed by atoms with Gasteiger partial charge in [-0.3, -0.25) is 4.79 Å². The van der Waals surface area contributed by atoms with Gasteiger partial charge < -0.3 is 4.74 Å². The number of nitrogens with one attached hydrogen (secondary N) is 1. The third kappa shape index (κ3) is 7.28. The van der Waals surface area contributed by atoms with Crippen molar-refractivity contribution in [3.63, 3.8) is 0 Å². The summed E-state index contributed by atoms with van der Waals surface area (Å²) in [5.74, 6) is 0.712. The van der Waals surface area contributed by atoms with E-state index in [-0.39, 0.29) is 5.91 Å². The SMILES string of the molecule is Cc1ccc(C)c(CC(=O)N/N=C/c2cc(I)c(OCc3ccc(Br)cc3)c(I)c2)c1. The fourth-order valence-corrected chi connectivity index (χ4v) is 5.30. The minimum absolute atomic E-state index is 0.135. The van der Waals surface area contributed by atoms with Crippen LogP contribution in [0.25, 0.3) is 0 Å². The van der Waals surface area contributed by atoms with Crippen LogP contribution in [0.5, 0.6) is 5.75 Å². The number of carbonyl (C=O) groups is 1. The van der Waals surface area contributed by atoms with Crippen LogP contribution in [-0.4, -0.2) is 12.1 Å². The highest BCUT2D eigenvalue weighted by Crippen LogP contribution is 2.29. The molecule has 0 aromatic heterocycles. The number of aryl methyl sites for hydroxylation is 2. The van der Waals surface area contributed by atoms with Crippen LogP contribution < -0.4 is 10.2 Å². The van der Waals surface area contributed by atoms with Crippen molar-refractivity contribution in [2.75, 3.05) is 0 Å². The molecular weight excluding hydrogens is 682 g/mol. The average molecular weight is 703 g/mol. The summed E-state index contributed by atoms with van der Waals surface area (Å²) in [4.78, 5) is 12.2. The number of nitrogens with zero attached hydrogens (tertiary/aromatic N) is 1. The summed E-state index contributed by atoms with van der Waals surface area (Å²) in [7, 11) is 0. The van der Waals surface area contributed by atoms with E-state index in [1.54, 1.807) is 6.21 Å². The summed E-state index contributed by atoms with van der Waals surface area (Å²) in [5.41, 5.74) is 7.89. The number of rotatable bonds is 7. The molecule has 0 unspecified atom stereocenters. The zero-order chi connectivity index (χ0) is 22.4. The number of carbonyl (C=O) groups excluding carboxylic acids is 1. The molecule has 0 bridgehead atoms. The van der Waals surface area contributed by atoms with E-state index in [0.717, 1.165) is 45.2 Å². The van der Waals surface area contributed by atoms with Gasteiger partial charge in [0.1, 0.15) is 12.4 Å². The van der Waals surface area contributed by atoms with Crippen LogP contribution >= 0.6 is 61.1 Å². The Morgan fingerprint density at radius 2 is 1.74 bits per heavy atom. The largest absolute Gasteiger partial charge is 0.487 e. The number of hydrazone groups is 1. The molecular formula is C24H21BrI2N2O2. The van der Waals surface area contributed by atoms with E-state index < -0.39 is 0 Å². The van der Waals surface area contributed by atoms with E-state index in [9.17, 15) is 4.79 Å². The predicted octanol–water partition coefficient (Wildman–Crippen LogP) is 6.55. The smallest absolute Gasteiger partial charge is 0.244 e. The molecule has 31 heavy (non-hydrogen) atoms. The zero-order valence-corrected chi connectivity index (χ0v) is 23.0. The summed E-state index contributed by atoms with van der Waals surface area (Å²) in [6, 6.07) is 18.2. The van der Waals surface area contributed by atoms with Crippen LogP contribution in [0.4, 0.5) is 0 Å². The van der Waals surface area contributed by atoms with Crippen molar-refractivity contribution in [1.29, 1.82) is 0 Å². The lowest BCUT2D eigenvalue weighted by Crippen LogP contribution is -2.20. The lowest BCUT2D eigenvalue weighted by Gasteiger charge is -2.11. The molecule has 1 N–H and O–H groups in total. The van der Waals surface area contributed by atoms with Gasteiger partial charge in [-0.1, -0.05) is 51.8 Å². The molecule has 3 aromatic rings. The molecule has 1 amide bonds. The first-order valence-corrected chi connectivity index (χ1v) is 12.5. The lowest BCUT2D eigenvalue weighted by molar-refractivity contribution is -0.120. The van der Waals surface area contributed by atoms with Crippen molar-refractivity contribution in [2.45, 2.75) is 26.9 Å². The molecule has 3 aromatic carbocycles. The van der Waals surface area contributed by atoms with Gasteiger partial charge in [-0.15, -0.1) is 0 Å². The van der Waals surface area contributed by atoms with Crippen LogP contribution in [0.3, 0.4) is 0 Å². The highest BCUT2D eigenvalue weighted by molar-refractivity contribution is 14.1. The van der Waals surface area contributed by atoms with Crippen LogP contribution in [-0.2, 0) is 17.8 Å². The third-order valence-corrected chi connectivity index (χ3v) is 6.71. The summed E-state index contributed by atoms with van der Waals surface area (Å²) in [6.07, 6.45) is 1.96. The Morgan fingerprint density at radius 1 is 1.06 bits per heavy atom. The van der Waals surface area contributed by atoms with E-state index in [4.69, 9.17) is 4.74 Å². The van der Waals surface area contributed by atoms with Crippen LogP contribution in [0.15, 0.2) is 64.2 Å². The molecule has 0 aliphatic rings. The van der Waals surface area contributed by atoms with Gasteiger partial charge in [0.25, 0.3) is 0 Å². The Kier molecular flexibility index (Phi) is 8.91. The van der Waals surface area contributed by atoms with Gasteiger partial charge in [0.05, 0.1) is 19.8 Å². The molecule has 160 valence electrons. The second kappa shape index (κ2) is 11.4. The van der Waals surface area contributed by atoms with Crippen LogP contribution in [0, 0.1) is 21.0 Å². The molecule has 0 atom stereocenters. The molecule has 0 saturated heterocycles. The molecule has 4 nitrogen and oxygen atoms in total. The van der Waals surface area contributed by atoms with E-state index >= 15 is 0 Å². The van der Waals surface area contributed by atoms with Gasteiger partial charge >= 0.3 is 0 Å². The number of hydrogen-bond acceptors (Lipinski definition) is 3. The Morgan fingerprint density at radius 3 is 2.42 bits per heavy atom. The molecule has 3 rings (SSSR count). The molecule has 0 saturated carbocycles. The number of ether oxygens (including phenoxy) is 1. The van der Waals surface area contributed by atoms with Crippen molar-refractivity contribution >= 4 is 73.2 Å². The lowest BCUT2D eigenvalue weighted by atomic mass is 10.0. The van der Waals surface area contributed by atoms with Crippen molar-refractivity contribution in [3.8, 4) is 5.75 Å². The van der Waals surface area contributed by atoms with Crippen molar-refractivity contribution in [2.24, 2.45) is 5.10 Å². The van der Waals surface area contributed by atoms with Crippen LogP contribution in [0.2, 0.25) is 0 Å². The third-order valence-electron chi connectivity index (χ3n) is 4.58. The van der Waals surface area contributed by atoms with Crippen LogP contribution in [0.1, 0.15) is 27.8 Å². The summed E-state index contributed by atoms with van der Waals surface area (Å²) < 4.78 is 9.06. The first kappa shape index (κ1) is 24.2. The van der Waals surface area contributed by atoms with E-state index in [0.29, 0.717) is 13.0 Å². The number of hydrogen-bond donors (Lipinski definition) is 1. The highest BCUT2D eigenvalue weighted by atomic mass is 127. The van der Waals surface area contributed by atoms with Gasteiger partial charge in [-0.25, -0.2) is 5.43 Å². The van der Waals surface area contributed by atoms with Crippen molar-refractivity contribution in [1.82, 2.24) is 5.43 Å².